The Bertz CT molecular complexity index is 563. The SMILES string of the molecule is COc1ccc(-c2cscc2C(=O)O)c(Cl)c1. The summed E-state index contributed by atoms with van der Waals surface area (Å²) in [4.78, 5) is 11.0. The van der Waals surface area contributed by atoms with Crippen LogP contribution in [-0.2, 0) is 0 Å². The number of benzene rings is 1. The maximum atomic E-state index is 11.0. The van der Waals surface area contributed by atoms with E-state index in [9.17, 15) is 4.79 Å². The van der Waals surface area contributed by atoms with Crippen molar-refractivity contribution in [3.63, 3.8) is 0 Å². The molecule has 5 heteroatoms. The lowest BCUT2D eigenvalue weighted by Crippen LogP contribution is -1.96. The molecular formula is C12H9ClO3S. The number of thiophene rings is 1. The maximum Gasteiger partial charge on any atom is 0.337 e. The van der Waals surface area contributed by atoms with E-state index in [4.69, 9.17) is 21.4 Å². The zero-order chi connectivity index (χ0) is 12.4. The number of methoxy groups -OCH3 is 1. The number of rotatable bonds is 3. The summed E-state index contributed by atoms with van der Waals surface area (Å²) in [5, 5.41) is 12.9. The summed E-state index contributed by atoms with van der Waals surface area (Å²) in [5.74, 6) is -0.306. The van der Waals surface area contributed by atoms with Crippen molar-refractivity contribution in [3.8, 4) is 16.9 Å². The van der Waals surface area contributed by atoms with Crippen molar-refractivity contribution in [2.24, 2.45) is 0 Å². The van der Waals surface area contributed by atoms with Gasteiger partial charge >= 0.3 is 5.97 Å². The van der Waals surface area contributed by atoms with Gasteiger partial charge in [-0.3, -0.25) is 0 Å². The average molecular weight is 269 g/mol. The molecule has 0 amide bonds. The molecule has 2 rings (SSSR count). The van der Waals surface area contributed by atoms with E-state index in [0.29, 0.717) is 21.9 Å². The summed E-state index contributed by atoms with van der Waals surface area (Å²) in [5.41, 5.74) is 1.60. The molecule has 0 radical (unpaired) electrons. The topological polar surface area (TPSA) is 46.5 Å². The quantitative estimate of drug-likeness (QED) is 0.922. The van der Waals surface area contributed by atoms with Gasteiger partial charge in [-0.1, -0.05) is 11.6 Å². The van der Waals surface area contributed by atoms with Crippen LogP contribution >= 0.6 is 22.9 Å². The van der Waals surface area contributed by atoms with Crippen LogP contribution in [0.1, 0.15) is 10.4 Å². The summed E-state index contributed by atoms with van der Waals surface area (Å²) in [6.45, 7) is 0. The number of halogens is 1. The zero-order valence-electron chi connectivity index (χ0n) is 8.94. The first-order valence-corrected chi connectivity index (χ1v) is 6.09. The van der Waals surface area contributed by atoms with Gasteiger partial charge < -0.3 is 9.84 Å². The highest BCUT2D eigenvalue weighted by Gasteiger charge is 2.15. The molecule has 88 valence electrons. The summed E-state index contributed by atoms with van der Waals surface area (Å²) in [7, 11) is 1.55. The first kappa shape index (κ1) is 12.0. The van der Waals surface area contributed by atoms with Crippen molar-refractivity contribution in [2.45, 2.75) is 0 Å². The predicted molar refractivity (Wildman–Crippen MR) is 68.3 cm³/mol. The van der Waals surface area contributed by atoms with E-state index in [2.05, 4.69) is 0 Å². The molecule has 1 aromatic carbocycles. The summed E-state index contributed by atoms with van der Waals surface area (Å²) in [6.07, 6.45) is 0. The molecule has 0 spiro atoms. The van der Waals surface area contributed by atoms with Crippen LogP contribution in [0, 0.1) is 0 Å². The average Bonchev–Trinajstić information content (AvgIpc) is 2.77. The van der Waals surface area contributed by atoms with Crippen molar-refractivity contribution >= 4 is 28.9 Å². The number of carboxylic acid groups (broad SMARTS) is 1. The molecule has 3 nitrogen and oxygen atoms in total. The molecule has 0 unspecified atom stereocenters. The van der Waals surface area contributed by atoms with Crippen molar-refractivity contribution < 1.29 is 14.6 Å². The third-order valence-corrected chi connectivity index (χ3v) is 3.42. The number of hydrogen-bond donors (Lipinski definition) is 1. The standard InChI is InChI=1S/C12H9ClO3S/c1-16-7-2-3-8(11(13)4-7)9-5-17-6-10(9)12(14)15/h2-6H,1H3,(H,14,15). The second-order valence-corrected chi connectivity index (χ2v) is 4.50. The monoisotopic (exact) mass is 268 g/mol. The molecule has 0 saturated carbocycles. The van der Waals surface area contributed by atoms with Crippen LogP contribution in [0.3, 0.4) is 0 Å². The molecule has 1 aromatic heterocycles. The van der Waals surface area contributed by atoms with Gasteiger partial charge in [-0.2, -0.15) is 11.3 Å². The van der Waals surface area contributed by atoms with Gasteiger partial charge in [0.1, 0.15) is 5.75 Å². The molecule has 0 aliphatic carbocycles. The lowest BCUT2D eigenvalue weighted by molar-refractivity contribution is 0.0698. The molecular weight excluding hydrogens is 260 g/mol. The highest BCUT2D eigenvalue weighted by atomic mass is 35.5. The smallest absolute Gasteiger partial charge is 0.337 e. The Labute approximate surface area is 107 Å². The minimum absolute atomic E-state index is 0.266. The molecule has 0 atom stereocenters. The van der Waals surface area contributed by atoms with E-state index >= 15 is 0 Å². The van der Waals surface area contributed by atoms with Crippen LogP contribution in [0.25, 0.3) is 11.1 Å². The van der Waals surface area contributed by atoms with Gasteiger partial charge in [0.25, 0.3) is 0 Å². The summed E-state index contributed by atoms with van der Waals surface area (Å²) < 4.78 is 5.05. The molecule has 1 N–H and O–H groups in total. The number of hydrogen-bond acceptors (Lipinski definition) is 3. The van der Waals surface area contributed by atoms with Crippen LogP contribution in [0.4, 0.5) is 0 Å². The molecule has 0 bridgehead atoms. The van der Waals surface area contributed by atoms with Gasteiger partial charge in [0.2, 0.25) is 0 Å². The Balaban J connectivity index is 2.53. The van der Waals surface area contributed by atoms with Crippen LogP contribution in [0.2, 0.25) is 5.02 Å². The van der Waals surface area contributed by atoms with Crippen LogP contribution in [0.5, 0.6) is 5.75 Å². The van der Waals surface area contributed by atoms with Gasteiger partial charge in [0.15, 0.2) is 0 Å². The predicted octanol–water partition coefficient (Wildman–Crippen LogP) is 3.78. The fourth-order valence-electron chi connectivity index (χ4n) is 1.51. The minimum Gasteiger partial charge on any atom is -0.497 e. The van der Waals surface area contributed by atoms with Gasteiger partial charge in [-0.25, -0.2) is 4.79 Å². The lowest BCUT2D eigenvalue weighted by Gasteiger charge is -2.06. The van der Waals surface area contributed by atoms with E-state index in [1.807, 2.05) is 0 Å². The largest absolute Gasteiger partial charge is 0.497 e. The molecule has 0 saturated heterocycles. The zero-order valence-corrected chi connectivity index (χ0v) is 10.5. The Hall–Kier alpha value is -1.52. The van der Waals surface area contributed by atoms with Crippen molar-refractivity contribution in [1.29, 1.82) is 0 Å². The first-order valence-electron chi connectivity index (χ1n) is 4.77. The van der Waals surface area contributed by atoms with Crippen molar-refractivity contribution in [3.05, 3.63) is 39.5 Å². The van der Waals surface area contributed by atoms with Gasteiger partial charge in [-0.05, 0) is 23.6 Å². The fraction of sp³-hybridized carbons (Fsp3) is 0.0833. The third-order valence-electron chi connectivity index (χ3n) is 2.36. The third kappa shape index (κ3) is 2.28. The Morgan fingerprint density at radius 3 is 2.71 bits per heavy atom. The minimum atomic E-state index is -0.951. The first-order chi connectivity index (χ1) is 8.13. The van der Waals surface area contributed by atoms with E-state index < -0.39 is 5.97 Å². The molecule has 0 aliphatic heterocycles. The fourth-order valence-corrected chi connectivity index (χ4v) is 2.61. The molecule has 0 fully saturated rings. The highest BCUT2D eigenvalue weighted by Crippen LogP contribution is 2.35. The summed E-state index contributed by atoms with van der Waals surface area (Å²) >= 11 is 7.45. The van der Waals surface area contributed by atoms with Gasteiger partial charge in [-0.15, -0.1) is 0 Å². The van der Waals surface area contributed by atoms with E-state index in [1.165, 1.54) is 11.3 Å². The number of carboxylic acids is 1. The van der Waals surface area contributed by atoms with Crippen molar-refractivity contribution in [2.75, 3.05) is 7.11 Å². The number of ether oxygens (including phenoxy) is 1. The van der Waals surface area contributed by atoms with Gasteiger partial charge in [0.05, 0.1) is 17.7 Å². The maximum absolute atomic E-state index is 11.0. The van der Waals surface area contributed by atoms with E-state index in [0.717, 1.165) is 0 Å². The highest BCUT2D eigenvalue weighted by molar-refractivity contribution is 7.08. The molecule has 17 heavy (non-hydrogen) atoms. The van der Waals surface area contributed by atoms with Crippen LogP contribution in [0.15, 0.2) is 29.0 Å². The van der Waals surface area contributed by atoms with Crippen LogP contribution in [-0.4, -0.2) is 18.2 Å². The molecule has 1 heterocycles. The second kappa shape index (κ2) is 4.77. The Morgan fingerprint density at radius 2 is 2.12 bits per heavy atom. The second-order valence-electron chi connectivity index (χ2n) is 3.35. The number of aromatic carboxylic acids is 1. The van der Waals surface area contributed by atoms with Crippen molar-refractivity contribution in [1.82, 2.24) is 0 Å². The van der Waals surface area contributed by atoms with E-state index in [-0.39, 0.29) is 5.56 Å². The lowest BCUT2D eigenvalue weighted by atomic mass is 10.0. The van der Waals surface area contributed by atoms with Crippen LogP contribution < -0.4 is 4.74 Å². The van der Waals surface area contributed by atoms with Gasteiger partial charge in [0, 0.05) is 16.5 Å². The molecule has 2 aromatic rings. The Kier molecular flexibility index (Phi) is 3.36. The normalized spacial score (nSPS) is 10.2. The number of carbonyl (C=O) groups is 1. The van der Waals surface area contributed by atoms with E-state index in [1.54, 1.807) is 36.1 Å². The Morgan fingerprint density at radius 1 is 1.35 bits per heavy atom. The summed E-state index contributed by atoms with van der Waals surface area (Å²) in [6, 6.07) is 5.18. The molecule has 0 aliphatic rings.